The summed E-state index contributed by atoms with van der Waals surface area (Å²) >= 11 is 0. The molecule has 10 nitrogen and oxygen atoms in total. The lowest BCUT2D eigenvalue weighted by Gasteiger charge is -2.42. The summed E-state index contributed by atoms with van der Waals surface area (Å²) < 4.78 is 83.5. The van der Waals surface area contributed by atoms with E-state index in [0.29, 0.717) is 63.9 Å². The third-order valence-corrected chi connectivity index (χ3v) is 11.3. The minimum absolute atomic E-state index is 0.135. The number of para-hydroxylation sites is 1. The molecule has 0 radical (unpaired) electrons. The Hall–Kier alpha value is -4.05. The molecule has 6 rings (SSSR count). The molecular weight excluding hydrogens is 704 g/mol. The molecule has 3 N–H and O–H groups in total. The average molecular weight is 752 g/mol. The van der Waals surface area contributed by atoms with Crippen molar-refractivity contribution in [3.05, 3.63) is 58.7 Å². The number of piperazine rings is 1. The van der Waals surface area contributed by atoms with Gasteiger partial charge in [0.05, 0.1) is 22.7 Å². The molecule has 53 heavy (non-hydrogen) atoms. The number of rotatable bonds is 7. The molecule has 0 aromatic heterocycles. The van der Waals surface area contributed by atoms with Gasteiger partial charge in [0, 0.05) is 83.1 Å². The van der Waals surface area contributed by atoms with E-state index in [1.165, 1.54) is 0 Å². The van der Waals surface area contributed by atoms with Gasteiger partial charge in [0.1, 0.15) is 0 Å². The molecule has 4 heterocycles. The Bertz CT molecular complexity index is 1610. The highest BCUT2D eigenvalue weighted by molar-refractivity contribution is 5.91. The van der Waals surface area contributed by atoms with Crippen molar-refractivity contribution < 1.29 is 40.7 Å². The molecule has 0 bridgehead atoms. The number of nitrogens with zero attached hydrogens (tertiary/aromatic N) is 5. The van der Waals surface area contributed by atoms with Crippen LogP contribution in [0.2, 0.25) is 0 Å². The van der Waals surface area contributed by atoms with Crippen molar-refractivity contribution >= 4 is 29.2 Å². The number of likely N-dealkylation sites (N-methyl/N-ethyl adjacent to an activating group) is 1. The van der Waals surface area contributed by atoms with Crippen molar-refractivity contribution in [2.24, 2.45) is 5.92 Å². The normalized spacial score (nSPS) is 20.9. The van der Waals surface area contributed by atoms with Crippen LogP contribution < -0.4 is 11.1 Å². The SMILES string of the molecule is CN1CCN(C2CCN(C(=O)[C@H](CC(=O)N3CCC(N4CCc5ccccc5NC4=O)CC3)Cc3cc(C(F)(F)F)c(N)c(C(F)(F)F)c3)CC2)CC1. The van der Waals surface area contributed by atoms with E-state index < -0.39 is 53.3 Å². The van der Waals surface area contributed by atoms with E-state index in [4.69, 9.17) is 5.73 Å². The summed E-state index contributed by atoms with van der Waals surface area (Å²) in [6.45, 7) is 5.49. The molecule has 1 atom stereocenters. The van der Waals surface area contributed by atoms with Gasteiger partial charge in [-0.25, -0.2) is 4.79 Å². The maximum Gasteiger partial charge on any atom is 0.418 e. The first-order valence-corrected chi connectivity index (χ1v) is 18.3. The number of hydrogen-bond acceptors (Lipinski definition) is 6. The maximum absolute atomic E-state index is 14.1. The van der Waals surface area contributed by atoms with Gasteiger partial charge in [0.2, 0.25) is 11.8 Å². The lowest BCUT2D eigenvalue weighted by Crippen LogP contribution is -2.53. The zero-order valence-electron chi connectivity index (χ0n) is 29.8. The highest BCUT2D eigenvalue weighted by Crippen LogP contribution is 2.42. The fraction of sp³-hybridized carbons (Fsp3) is 0.595. The number of nitrogen functional groups attached to an aromatic ring is 1. The summed E-state index contributed by atoms with van der Waals surface area (Å²) in [4.78, 5) is 50.6. The largest absolute Gasteiger partial charge is 0.418 e. The quantitative estimate of drug-likeness (QED) is 0.299. The fourth-order valence-corrected chi connectivity index (χ4v) is 8.23. The standard InChI is InChI=1S/C37H47F6N7O3/c1-46-16-18-47(19-17-46)27-7-13-49(14-8-27)34(52)26(20-24-21-29(36(38,39)40)33(44)30(22-24)37(41,42)43)23-32(51)48-11-9-28(10-12-48)50-15-6-25-4-2-3-5-31(25)45-35(50)53/h2-5,21-22,26-28H,6-20,23,44H2,1H3,(H,45,53)/t26-/m0/s1. The van der Waals surface area contributed by atoms with E-state index in [1.807, 2.05) is 24.3 Å². The predicted octanol–water partition coefficient (Wildman–Crippen LogP) is 5.17. The summed E-state index contributed by atoms with van der Waals surface area (Å²) in [5.41, 5.74) is 2.12. The number of alkyl halides is 6. The third-order valence-electron chi connectivity index (χ3n) is 11.3. The number of carbonyl (C=O) groups excluding carboxylic acids is 3. The Labute approximate surface area is 305 Å². The molecule has 2 aromatic carbocycles. The molecule has 0 unspecified atom stereocenters. The van der Waals surface area contributed by atoms with Gasteiger partial charge < -0.3 is 30.7 Å². The van der Waals surface area contributed by atoms with Gasteiger partial charge in [-0.05, 0) is 74.9 Å². The summed E-state index contributed by atoms with van der Waals surface area (Å²) in [5, 5.41) is 2.96. The number of piperidine rings is 2. The molecule has 3 saturated heterocycles. The molecule has 3 fully saturated rings. The summed E-state index contributed by atoms with van der Waals surface area (Å²) in [5.74, 6) is -2.07. The topological polar surface area (TPSA) is 105 Å². The van der Waals surface area contributed by atoms with E-state index in [2.05, 4.69) is 22.2 Å². The molecular formula is C37H47F6N7O3. The van der Waals surface area contributed by atoms with Gasteiger partial charge in [-0.15, -0.1) is 0 Å². The average Bonchev–Trinajstić information content (AvgIpc) is 3.29. The molecule has 0 spiro atoms. The first kappa shape index (κ1) is 38.7. The number of fused-ring (bicyclic) bond motifs is 1. The molecule has 290 valence electrons. The van der Waals surface area contributed by atoms with Gasteiger partial charge in [0.25, 0.3) is 0 Å². The molecule has 0 aliphatic carbocycles. The minimum atomic E-state index is -5.17. The van der Waals surface area contributed by atoms with Crippen LogP contribution in [-0.4, -0.2) is 120 Å². The number of amides is 4. The van der Waals surface area contributed by atoms with E-state index in [-0.39, 0.29) is 43.2 Å². The number of nitrogens with two attached hydrogens (primary N) is 1. The summed E-state index contributed by atoms with van der Waals surface area (Å²) in [6, 6.07) is 8.61. The van der Waals surface area contributed by atoms with Crippen molar-refractivity contribution in [2.45, 2.75) is 69.4 Å². The van der Waals surface area contributed by atoms with Crippen molar-refractivity contribution in [1.82, 2.24) is 24.5 Å². The monoisotopic (exact) mass is 751 g/mol. The number of halogens is 6. The van der Waals surface area contributed by atoms with Gasteiger partial charge in [-0.1, -0.05) is 18.2 Å². The minimum Gasteiger partial charge on any atom is -0.398 e. The van der Waals surface area contributed by atoms with Crippen molar-refractivity contribution in [3.8, 4) is 0 Å². The van der Waals surface area contributed by atoms with Gasteiger partial charge in [0.15, 0.2) is 0 Å². The number of benzene rings is 2. The Balaban J connectivity index is 1.16. The lowest BCUT2D eigenvalue weighted by atomic mass is 9.90. The van der Waals surface area contributed by atoms with Gasteiger partial charge in [-0.2, -0.15) is 26.3 Å². The Morgan fingerprint density at radius 3 is 1.98 bits per heavy atom. The molecule has 16 heteroatoms. The van der Waals surface area contributed by atoms with E-state index in [0.717, 1.165) is 37.4 Å². The first-order valence-electron chi connectivity index (χ1n) is 18.3. The van der Waals surface area contributed by atoms with Crippen LogP contribution in [0.4, 0.5) is 42.5 Å². The Morgan fingerprint density at radius 1 is 0.811 bits per heavy atom. The smallest absolute Gasteiger partial charge is 0.398 e. The van der Waals surface area contributed by atoms with Crippen LogP contribution in [0.25, 0.3) is 0 Å². The highest BCUT2D eigenvalue weighted by Gasteiger charge is 2.42. The zero-order valence-corrected chi connectivity index (χ0v) is 29.8. The second-order valence-electron chi connectivity index (χ2n) is 14.7. The Kier molecular flexibility index (Phi) is 11.5. The van der Waals surface area contributed by atoms with Crippen LogP contribution in [0.1, 0.15) is 54.4 Å². The summed E-state index contributed by atoms with van der Waals surface area (Å²) in [7, 11) is 2.06. The molecule has 4 amide bonds. The van der Waals surface area contributed by atoms with E-state index in [1.54, 1.807) is 14.7 Å². The van der Waals surface area contributed by atoms with Crippen LogP contribution in [0.5, 0.6) is 0 Å². The van der Waals surface area contributed by atoms with E-state index >= 15 is 0 Å². The lowest BCUT2D eigenvalue weighted by molar-refractivity contribution is -0.143. The highest BCUT2D eigenvalue weighted by atomic mass is 19.4. The van der Waals surface area contributed by atoms with Crippen LogP contribution in [0.15, 0.2) is 36.4 Å². The molecule has 4 aliphatic heterocycles. The predicted molar refractivity (Wildman–Crippen MR) is 187 cm³/mol. The van der Waals surface area contributed by atoms with Crippen molar-refractivity contribution in [3.63, 3.8) is 0 Å². The second kappa shape index (κ2) is 15.7. The van der Waals surface area contributed by atoms with Crippen molar-refractivity contribution in [2.75, 3.05) is 77.0 Å². The number of anilines is 2. The third kappa shape index (κ3) is 9.02. The Morgan fingerprint density at radius 2 is 1.38 bits per heavy atom. The van der Waals surface area contributed by atoms with Gasteiger partial charge >= 0.3 is 18.4 Å². The zero-order chi connectivity index (χ0) is 38.1. The number of nitrogens with one attached hydrogen (secondary N) is 1. The summed E-state index contributed by atoms with van der Waals surface area (Å²) in [6.07, 6.45) is -8.23. The first-order chi connectivity index (χ1) is 25.1. The van der Waals surface area contributed by atoms with Crippen LogP contribution in [0, 0.1) is 5.92 Å². The number of urea groups is 1. The van der Waals surface area contributed by atoms with Gasteiger partial charge in [-0.3, -0.25) is 14.5 Å². The molecule has 0 saturated carbocycles. The van der Waals surface area contributed by atoms with E-state index in [9.17, 15) is 40.7 Å². The van der Waals surface area contributed by atoms with Crippen LogP contribution in [0.3, 0.4) is 0 Å². The maximum atomic E-state index is 14.1. The van der Waals surface area contributed by atoms with Crippen molar-refractivity contribution in [1.29, 1.82) is 0 Å². The van der Waals surface area contributed by atoms with Crippen LogP contribution in [-0.2, 0) is 34.8 Å². The molecule has 2 aromatic rings. The second-order valence-corrected chi connectivity index (χ2v) is 14.7. The number of carbonyl (C=O) groups is 3. The van der Waals surface area contributed by atoms with Crippen LogP contribution >= 0.6 is 0 Å². The fourth-order valence-electron chi connectivity index (χ4n) is 8.23. The number of likely N-dealkylation sites (tertiary alicyclic amines) is 2. The number of hydrogen-bond donors (Lipinski definition) is 2. The molecule has 4 aliphatic rings.